The van der Waals surface area contributed by atoms with Crippen LogP contribution in [-0.4, -0.2) is 73.9 Å². The number of nitrogens with zero attached hydrogens (tertiary/aromatic N) is 2. The van der Waals surface area contributed by atoms with Gasteiger partial charge in [-0.15, -0.1) is 0 Å². The normalized spacial score (nSPS) is 30.1. The molecular weight excluding hydrogens is 262 g/mol. The first kappa shape index (κ1) is 17.2. The molecule has 21 heavy (non-hydrogen) atoms. The van der Waals surface area contributed by atoms with Crippen LogP contribution in [0.4, 0.5) is 0 Å². The molecule has 2 N–H and O–H groups in total. The maximum absolute atomic E-state index is 10.1. The van der Waals surface area contributed by atoms with Gasteiger partial charge in [0.1, 0.15) is 0 Å². The van der Waals surface area contributed by atoms with Gasteiger partial charge in [-0.1, -0.05) is 26.2 Å². The Morgan fingerprint density at radius 1 is 1.24 bits per heavy atom. The van der Waals surface area contributed by atoms with Crippen LogP contribution in [-0.2, 0) is 0 Å². The highest BCUT2D eigenvalue weighted by molar-refractivity contribution is 4.94. The van der Waals surface area contributed by atoms with Gasteiger partial charge in [0.05, 0.1) is 6.10 Å². The average Bonchev–Trinajstić information content (AvgIpc) is 2.76. The Morgan fingerprint density at radius 2 is 1.95 bits per heavy atom. The third-order valence-electron chi connectivity index (χ3n) is 5.28. The molecule has 2 unspecified atom stereocenters. The number of hydrogen-bond donors (Lipinski definition) is 2. The standard InChI is InChI=1S/C17H35N3O/c1-4-18-13-17(8-6-5-7-9-17)14-20-12-16(21)10-15(20)11-19(2)3/h15-16,18,21H,4-14H2,1-3H3. The fourth-order valence-corrected chi connectivity index (χ4v) is 4.28. The summed E-state index contributed by atoms with van der Waals surface area (Å²) in [5, 5.41) is 13.7. The van der Waals surface area contributed by atoms with Crippen LogP contribution in [0.5, 0.6) is 0 Å². The summed E-state index contributed by atoms with van der Waals surface area (Å²) in [4.78, 5) is 4.83. The number of nitrogens with one attached hydrogen (secondary N) is 1. The fraction of sp³-hybridized carbons (Fsp3) is 1.00. The highest BCUT2D eigenvalue weighted by atomic mass is 16.3. The maximum atomic E-state index is 10.1. The Hall–Kier alpha value is -0.160. The first-order valence-corrected chi connectivity index (χ1v) is 8.82. The quantitative estimate of drug-likeness (QED) is 0.748. The molecule has 0 bridgehead atoms. The van der Waals surface area contributed by atoms with E-state index >= 15 is 0 Å². The molecule has 0 radical (unpaired) electrons. The highest BCUT2D eigenvalue weighted by Crippen LogP contribution is 2.38. The van der Waals surface area contributed by atoms with Crippen LogP contribution in [0.15, 0.2) is 0 Å². The summed E-state index contributed by atoms with van der Waals surface area (Å²) in [6.45, 7) is 7.50. The van der Waals surface area contributed by atoms with Gasteiger partial charge in [-0.05, 0) is 45.3 Å². The van der Waals surface area contributed by atoms with Crippen molar-refractivity contribution in [2.75, 3.05) is 46.8 Å². The number of β-amino-alcohol motifs (C(OH)–C–C–N with tert-alkyl or cyclic N) is 1. The smallest absolute Gasteiger partial charge is 0.0682 e. The van der Waals surface area contributed by atoms with E-state index in [1.54, 1.807) is 0 Å². The Bertz CT molecular complexity index is 302. The Labute approximate surface area is 130 Å². The van der Waals surface area contributed by atoms with E-state index in [9.17, 15) is 5.11 Å². The number of rotatable bonds is 7. The van der Waals surface area contributed by atoms with E-state index in [0.29, 0.717) is 11.5 Å². The van der Waals surface area contributed by atoms with Crippen molar-refractivity contribution in [3.63, 3.8) is 0 Å². The van der Waals surface area contributed by atoms with Crippen LogP contribution >= 0.6 is 0 Å². The van der Waals surface area contributed by atoms with E-state index < -0.39 is 0 Å². The number of aliphatic hydroxyl groups excluding tert-OH is 1. The minimum absolute atomic E-state index is 0.130. The minimum atomic E-state index is -0.130. The lowest BCUT2D eigenvalue weighted by atomic mass is 9.73. The molecule has 0 spiro atoms. The molecule has 0 aromatic heterocycles. The third kappa shape index (κ3) is 4.92. The topological polar surface area (TPSA) is 38.7 Å². The second-order valence-corrected chi connectivity index (χ2v) is 7.58. The van der Waals surface area contributed by atoms with Crippen LogP contribution in [0, 0.1) is 5.41 Å². The third-order valence-corrected chi connectivity index (χ3v) is 5.28. The molecule has 1 saturated heterocycles. The zero-order valence-corrected chi connectivity index (χ0v) is 14.3. The zero-order chi connectivity index (χ0) is 15.3. The molecular formula is C17H35N3O. The molecule has 2 atom stereocenters. The summed E-state index contributed by atoms with van der Waals surface area (Å²) in [6.07, 6.45) is 7.66. The van der Waals surface area contributed by atoms with E-state index in [1.165, 1.54) is 32.1 Å². The second-order valence-electron chi connectivity index (χ2n) is 7.58. The SMILES string of the molecule is CCNCC1(CN2CC(O)CC2CN(C)C)CCCCC1. The molecule has 1 aliphatic heterocycles. The summed E-state index contributed by atoms with van der Waals surface area (Å²) >= 11 is 0. The molecule has 124 valence electrons. The van der Waals surface area contributed by atoms with Crippen molar-refractivity contribution >= 4 is 0 Å². The van der Waals surface area contributed by atoms with Crippen LogP contribution in [0.1, 0.15) is 45.4 Å². The molecule has 4 heteroatoms. The van der Waals surface area contributed by atoms with E-state index in [2.05, 4.69) is 36.1 Å². The summed E-state index contributed by atoms with van der Waals surface area (Å²) < 4.78 is 0. The van der Waals surface area contributed by atoms with Crippen molar-refractivity contribution in [1.82, 2.24) is 15.1 Å². The van der Waals surface area contributed by atoms with Crippen LogP contribution in [0.3, 0.4) is 0 Å². The molecule has 0 aromatic carbocycles. The van der Waals surface area contributed by atoms with Gasteiger partial charge in [-0.25, -0.2) is 0 Å². The number of likely N-dealkylation sites (tertiary alicyclic amines) is 1. The minimum Gasteiger partial charge on any atom is -0.392 e. The maximum Gasteiger partial charge on any atom is 0.0682 e. The van der Waals surface area contributed by atoms with Crippen LogP contribution < -0.4 is 5.32 Å². The van der Waals surface area contributed by atoms with Crippen LogP contribution in [0.2, 0.25) is 0 Å². The van der Waals surface area contributed by atoms with Crippen molar-refractivity contribution in [2.24, 2.45) is 5.41 Å². The lowest BCUT2D eigenvalue weighted by Gasteiger charge is -2.42. The van der Waals surface area contributed by atoms with E-state index in [4.69, 9.17) is 0 Å². The van der Waals surface area contributed by atoms with Gasteiger partial charge < -0.3 is 15.3 Å². The van der Waals surface area contributed by atoms with Gasteiger partial charge in [0.15, 0.2) is 0 Å². The van der Waals surface area contributed by atoms with E-state index in [0.717, 1.165) is 39.1 Å². The average molecular weight is 297 g/mol. The van der Waals surface area contributed by atoms with Crippen molar-refractivity contribution in [2.45, 2.75) is 57.6 Å². The monoisotopic (exact) mass is 297 g/mol. The van der Waals surface area contributed by atoms with Gasteiger partial charge in [-0.2, -0.15) is 0 Å². The predicted octanol–water partition coefficient (Wildman–Crippen LogP) is 1.54. The lowest BCUT2D eigenvalue weighted by Crippen LogP contribution is -2.48. The summed E-state index contributed by atoms with van der Waals surface area (Å²) in [5.41, 5.74) is 0.433. The Kier molecular flexibility index (Phi) is 6.48. The molecule has 0 aromatic rings. The predicted molar refractivity (Wildman–Crippen MR) is 88.6 cm³/mol. The van der Waals surface area contributed by atoms with Crippen molar-refractivity contribution in [1.29, 1.82) is 0 Å². The molecule has 4 nitrogen and oxygen atoms in total. The van der Waals surface area contributed by atoms with Gasteiger partial charge >= 0.3 is 0 Å². The van der Waals surface area contributed by atoms with Gasteiger partial charge in [0.25, 0.3) is 0 Å². The van der Waals surface area contributed by atoms with Crippen molar-refractivity contribution in [3.8, 4) is 0 Å². The summed E-state index contributed by atoms with van der Waals surface area (Å²) in [5.74, 6) is 0. The summed E-state index contributed by atoms with van der Waals surface area (Å²) in [6, 6.07) is 0.524. The first-order valence-electron chi connectivity index (χ1n) is 8.82. The first-order chi connectivity index (χ1) is 10.0. The molecule has 1 saturated carbocycles. The summed E-state index contributed by atoms with van der Waals surface area (Å²) in [7, 11) is 4.27. The Balaban J connectivity index is 2.00. The second kappa shape index (κ2) is 7.91. The largest absolute Gasteiger partial charge is 0.392 e. The molecule has 2 fully saturated rings. The van der Waals surface area contributed by atoms with Crippen molar-refractivity contribution < 1.29 is 5.11 Å². The van der Waals surface area contributed by atoms with Gasteiger partial charge in [0.2, 0.25) is 0 Å². The molecule has 2 rings (SSSR count). The van der Waals surface area contributed by atoms with Gasteiger partial charge in [-0.3, -0.25) is 4.90 Å². The zero-order valence-electron chi connectivity index (χ0n) is 14.3. The molecule has 0 amide bonds. The van der Waals surface area contributed by atoms with Crippen molar-refractivity contribution in [3.05, 3.63) is 0 Å². The number of hydrogen-bond acceptors (Lipinski definition) is 4. The van der Waals surface area contributed by atoms with E-state index in [1.807, 2.05) is 0 Å². The molecule has 1 aliphatic carbocycles. The molecule has 2 aliphatic rings. The fourth-order valence-electron chi connectivity index (χ4n) is 4.28. The number of aliphatic hydroxyl groups is 1. The van der Waals surface area contributed by atoms with Gasteiger partial charge in [0, 0.05) is 32.2 Å². The molecule has 1 heterocycles. The highest BCUT2D eigenvalue weighted by Gasteiger charge is 2.39. The Morgan fingerprint density at radius 3 is 2.57 bits per heavy atom. The van der Waals surface area contributed by atoms with Crippen LogP contribution in [0.25, 0.3) is 0 Å². The number of likely N-dealkylation sites (N-methyl/N-ethyl adjacent to an activating group) is 1. The van der Waals surface area contributed by atoms with E-state index in [-0.39, 0.29) is 6.10 Å². The lowest BCUT2D eigenvalue weighted by molar-refractivity contribution is 0.0813.